The van der Waals surface area contributed by atoms with E-state index in [0.717, 1.165) is 11.1 Å². The van der Waals surface area contributed by atoms with E-state index in [1.54, 1.807) is 24.1 Å². The zero-order valence-corrected chi connectivity index (χ0v) is 14.1. The Morgan fingerprint density at radius 2 is 1.68 bits per heavy atom. The van der Waals surface area contributed by atoms with Crippen molar-refractivity contribution in [2.75, 3.05) is 7.05 Å². The van der Waals surface area contributed by atoms with Crippen LogP contribution in [-0.4, -0.2) is 18.0 Å². The molecule has 0 unspecified atom stereocenters. The largest absolute Gasteiger partial charge is 0.334 e. The monoisotopic (exact) mass is 336 g/mol. The van der Waals surface area contributed by atoms with Gasteiger partial charge in [0.25, 0.3) is 0 Å². The Balaban J connectivity index is 1.88. The summed E-state index contributed by atoms with van der Waals surface area (Å²) >= 11 is 11.9. The summed E-state index contributed by atoms with van der Waals surface area (Å²) in [6, 6.07) is 13.3. The second-order valence-electron chi connectivity index (χ2n) is 5.25. The van der Waals surface area contributed by atoms with Crippen LogP contribution in [0.1, 0.15) is 16.7 Å². The minimum absolute atomic E-state index is 0.133. The lowest BCUT2D eigenvalue weighted by atomic mass is 10.1. The fraction of sp³-hybridized carbons (Fsp3) is 0.235. The summed E-state index contributed by atoms with van der Waals surface area (Å²) < 4.78 is 0. The number of nitrogens with one attached hydrogen (secondary N) is 1. The first-order valence-corrected chi connectivity index (χ1v) is 7.70. The lowest BCUT2D eigenvalue weighted by molar-refractivity contribution is 0.206. The number of rotatable bonds is 4. The van der Waals surface area contributed by atoms with E-state index in [1.807, 2.05) is 37.3 Å². The number of amides is 2. The van der Waals surface area contributed by atoms with Crippen LogP contribution in [0.15, 0.2) is 42.5 Å². The molecule has 1 N–H and O–H groups in total. The topological polar surface area (TPSA) is 32.3 Å². The zero-order valence-electron chi connectivity index (χ0n) is 12.6. The molecule has 0 aromatic heterocycles. The van der Waals surface area contributed by atoms with Crippen molar-refractivity contribution in [2.24, 2.45) is 0 Å². The predicted molar refractivity (Wildman–Crippen MR) is 91.3 cm³/mol. The number of carbonyl (C=O) groups is 1. The standard InChI is InChI=1S/C17H18Cl2N2O/c1-12-3-5-13(6-4-12)10-20-17(22)21(2)11-14-7-8-15(18)16(19)9-14/h3-9H,10-11H2,1-2H3,(H,20,22). The van der Waals surface area contributed by atoms with Crippen LogP contribution in [-0.2, 0) is 13.1 Å². The van der Waals surface area contributed by atoms with Crippen molar-refractivity contribution in [3.05, 3.63) is 69.2 Å². The number of carbonyl (C=O) groups excluding carboxylic acids is 1. The second kappa shape index (κ2) is 7.52. The molecule has 0 bridgehead atoms. The second-order valence-corrected chi connectivity index (χ2v) is 6.06. The van der Waals surface area contributed by atoms with Crippen molar-refractivity contribution in [3.63, 3.8) is 0 Å². The summed E-state index contributed by atoms with van der Waals surface area (Å²) in [5.41, 5.74) is 3.20. The molecule has 2 amide bonds. The van der Waals surface area contributed by atoms with Gasteiger partial charge in [-0.1, -0.05) is 59.1 Å². The first-order valence-electron chi connectivity index (χ1n) is 6.94. The van der Waals surface area contributed by atoms with Crippen LogP contribution >= 0.6 is 23.2 Å². The van der Waals surface area contributed by atoms with E-state index in [-0.39, 0.29) is 6.03 Å². The van der Waals surface area contributed by atoms with Gasteiger partial charge in [0.05, 0.1) is 10.0 Å². The molecule has 116 valence electrons. The molecule has 0 saturated heterocycles. The van der Waals surface area contributed by atoms with E-state index in [0.29, 0.717) is 23.1 Å². The Hall–Kier alpha value is -1.71. The smallest absolute Gasteiger partial charge is 0.317 e. The number of aryl methyl sites for hydroxylation is 1. The molecule has 0 atom stereocenters. The molecule has 0 heterocycles. The number of hydrogen-bond acceptors (Lipinski definition) is 1. The summed E-state index contributed by atoms with van der Waals surface area (Å²) in [5, 5.41) is 3.90. The minimum Gasteiger partial charge on any atom is -0.334 e. The normalized spacial score (nSPS) is 10.4. The van der Waals surface area contributed by atoms with Crippen LogP contribution in [0.4, 0.5) is 4.79 Å². The average molecular weight is 337 g/mol. The highest BCUT2D eigenvalue weighted by atomic mass is 35.5. The van der Waals surface area contributed by atoms with Gasteiger partial charge in [0.15, 0.2) is 0 Å². The summed E-state index contributed by atoms with van der Waals surface area (Å²) in [6.07, 6.45) is 0. The maximum absolute atomic E-state index is 12.1. The van der Waals surface area contributed by atoms with E-state index < -0.39 is 0 Å². The van der Waals surface area contributed by atoms with Crippen LogP contribution in [0.5, 0.6) is 0 Å². The number of urea groups is 1. The van der Waals surface area contributed by atoms with Crippen molar-refractivity contribution in [1.82, 2.24) is 10.2 Å². The summed E-state index contributed by atoms with van der Waals surface area (Å²) in [7, 11) is 1.74. The quantitative estimate of drug-likeness (QED) is 0.866. The van der Waals surface area contributed by atoms with Gasteiger partial charge in [-0.3, -0.25) is 0 Å². The van der Waals surface area contributed by atoms with Crippen LogP contribution in [0, 0.1) is 6.92 Å². The Morgan fingerprint density at radius 1 is 1.05 bits per heavy atom. The highest BCUT2D eigenvalue weighted by Crippen LogP contribution is 2.23. The molecule has 2 aromatic carbocycles. The lowest BCUT2D eigenvalue weighted by Gasteiger charge is -2.18. The number of hydrogen-bond donors (Lipinski definition) is 1. The van der Waals surface area contributed by atoms with E-state index >= 15 is 0 Å². The van der Waals surface area contributed by atoms with E-state index in [9.17, 15) is 4.79 Å². The number of nitrogens with zero attached hydrogens (tertiary/aromatic N) is 1. The Bertz CT molecular complexity index is 656. The molecule has 2 rings (SSSR count). The van der Waals surface area contributed by atoms with E-state index in [2.05, 4.69) is 5.32 Å². The van der Waals surface area contributed by atoms with Crippen molar-refractivity contribution in [2.45, 2.75) is 20.0 Å². The number of benzene rings is 2. The van der Waals surface area contributed by atoms with Gasteiger partial charge in [0, 0.05) is 20.1 Å². The van der Waals surface area contributed by atoms with Gasteiger partial charge in [-0.05, 0) is 30.2 Å². The Kier molecular flexibility index (Phi) is 5.69. The summed E-state index contributed by atoms with van der Waals surface area (Å²) in [4.78, 5) is 13.7. The molecule has 5 heteroatoms. The van der Waals surface area contributed by atoms with Gasteiger partial charge in [-0.15, -0.1) is 0 Å². The molecule has 0 fully saturated rings. The van der Waals surface area contributed by atoms with Gasteiger partial charge in [-0.25, -0.2) is 4.79 Å². The molecular formula is C17H18Cl2N2O. The fourth-order valence-electron chi connectivity index (χ4n) is 2.00. The van der Waals surface area contributed by atoms with E-state index in [4.69, 9.17) is 23.2 Å². The third-order valence-electron chi connectivity index (χ3n) is 3.31. The zero-order chi connectivity index (χ0) is 16.1. The van der Waals surface area contributed by atoms with Gasteiger partial charge >= 0.3 is 6.03 Å². The van der Waals surface area contributed by atoms with Crippen molar-refractivity contribution < 1.29 is 4.79 Å². The maximum atomic E-state index is 12.1. The highest BCUT2D eigenvalue weighted by Gasteiger charge is 2.09. The lowest BCUT2D eigenvalue weighted by Crippen LogP contribution is -2.36. The molecule has 0 aliphatic carbocycles. The average Bonchev–Trinajstić information content (AvgIpc) is 2.50. The summed E-state index contributed by atoms with van der Waals surface area (Å²) in [6.45, 7) is 3.01. The van der Waals surface area contributed by atoms with E-state index in [1.165, 1.54) is 5.56 Å². The third kappa shape index (κ3) is 4.65. The Labute approximate surface area is 140 Å². The van der Waals surface area contributed by atoms with Crippen LogP contribution < -0.4 is 5.32 Å². The molecule has 0 spiro atoms. The first kappa shape index (κ1) is 16.7. The molecule has 3 nitrogen and oxygen atoms in total. The third-order valence-corrected chi connectivity index (χ3v) is 4.05. The molecular weight excluding hydrogens is 319 g/mol. The molecule has 0 radical (unpaired) electrons. The number of halogens is 2. The van der Waals surface area contributed by atoms with Gasteiger partial charge in [-0.2, -0.15) is 0 Å². The predicted octanol–water partition coefficient (Wildman–Crippen LogP) is 4.64. The van der Waals surface area contributed by atoms with Crippen molar-refractivity contribution in [3.8, 4) is 0 Å². The van der Waals surface area contributed by atoms with Gasteiger partial charge in [0.2, 0.25) is 0 Å². The van der Waals surface area contributed by atoms with Crippen LogP contribution in [0.3, 0.4) is 0 Å². The molecule has 2 aromatic rings. The van der Waals surface area contributed by atoms with Crippen LogP contribution in [0.25, 0.3) is 0 Å². The van der Waals surface area contributed by atoms with Crippen LogP contribution in [0.2, 0.25) is 10.0 Å². The highest BCUT2D eigenvalue weighted by molar-refractivity contribution is 6.42. The van der Waals surface area contributed by atoms with Crippen molar-refractivity contribution in [1.29, 1.82) is 0 Å². The SMILES string of the molecule is Cc1ccc(CNC(=O)N(C)Cc2ccc(Cl)c(Cl)c2)cc1. The van der Waals surface area contributed by atoms with Gasteiger partial charge < -0.3 is 10.2 Å². The maximum Gasteiger partial charge on any atom is 0.317 e. The first-order chi connectivity index (χ1) is 10.5. The van der Waals surface area contributed by atoms with Crippen molar-refractivity contribution >= 4 is 29.2 Å². The van der Waals surface area contributed by atoms with Gasteiger partial charge in [0.1, 0.15) is 0 Å². The molecule has 22 heavy (non-hydrogen) atoms. The molecule has 0 aliphatic rings. The fourth-order valence-corrected chi connectivity index (χ4v) is 2.32. The Morgan fingerprint density at radius 3 is 2.32 bits per heavy atom. The molecule has 0 aliphatic heterocycles. The summed E-state index contributed by atoms with van der Waals surface area (Å²) in [5.74, 6) is 0. The minimum atomic E-state index is -0.133. The molecule has 0 saturated carbocycles.